The van der Waals surface area contributed by atoms with E-state index in [-0.39, 0.29) is 0 Å². The van der Waals surface area contributed by atoms with Crippen molar-refractivity contribution in [2.24, 2.45) is 0 Å². The first-order chi connectivity index (χ1) is 6.77. The molecule has 14 heavy (non-hydrogen) atoms. The maximum absolute atomic E-state index is 9.40. The summed E-state index contributed by atoms with van der Waals surface area (Å²) in [6.45, 7) is 3.11. The van der Waals surface area contributed by atoms with Crippen LogP contribution in [0.5, 0.6) is 11.5 Å². The molecule has 1 aromatic carbocycles. The molecule has 0 saturated carbocycles. The third-order valence-electron chi connectivity index (χ3n) is 2.25. The monoisotopic (exact) mass is 194 g/mol. The van der Waals surface area contributed by atoms with Crippen LogP contribution in [0.15, 0.2) is 18.2 Å². The normalized spacial score (nSPS) is 17.3. The molecule has 76 valence electrons. The molecular weight excluding hydrogens is 180 g/mol. The van der Waals surface area contributed by atoms with Crippen molar-refractivity contribution >= 4 is 0 Å². The number of ether oxygens (including phenoxy) is 2. The maximum Gasteiger partial charge on any atom is 0.161 e. The van der Waals surface area contributed by atoms with Crippen LogP contribution in [0.4, 0.5) is 0 Å². The van der Waals surface area contributed by atoms with E-state index in [1.54, 1.807) is 6.92 Å². The molecule has 1 heterocycles. The average Bonchev–Trinajstić information content (AvgIpc) is 2.41. The van der Waals surface area contributed by atoms with Crippen molar-refractivity contribution in [2.45, 2.75) is 19.4 Å². The molecule has 2 rings (SSSR count). The van der Waals surface area contributed by atoms with Gasteiger partial charge in [-0.3, -0.25) is 0 Å². The van der Waals surface area contributed by atoms with Gasteiger partial charge in [-0.1, -0.05) is 6.07 Å². The van der Waals surface area contributed by atoms with Gasteiger partial charge >= 0.3 is 0 Å². The molecule has 0 bridgehead atoms. The Balaban J connectivity index is 2.32. The molecule has 1 aliphatic heterocycles. The lowest BCUT2D eigenvalue weighted by Gasteiger charge is -2.10. The van der Waals surface area contributed by atoms with Crippen LogP contribution < -0.4 is 9.47 Å². The van der Waals surface area contributed by atoms with Gasteiger partial charge in [-0.15, -0.1) is 0 Å². The molecule has 1 N–H and O–H groups in total. The van der Waals surface area contributed by atoms with Crippen molar-refractivity contribution in [1.82, 2.24) is 0 Å². The summed E-state index contributed by atoms with van der Waals surface area (Å²) < 4.78 is 11.0. The molecule has 0 amide bonds. The van der Waals surface area contributed by atoms with E-state index in [4.69, 9.17) is 9.47 Å². The van der Waals surface area contributed by atoms with Crippen LogP contribution in [0.25, 0.3) is 0 Å². The van der Waals surface area contributed by atoms with Crippen LogP contribution in [0, 0.1) is 0 Å². The van der Waals surface area contributed by atoms with Gasteiger partial charge in [-0.25, -0.2) is 0 Å². The molecular formula is C11H14O3. The van der Waals surface area contributed by atoms with Crippen LogP contribution in [0.2, 0.25) is 0 Å². The zero-order valence-corrected chi connectivity index (χ0v) is 8.19. The van der Waals surface area contributed by atoms with Crippen LogP contribution >= 0.6 is 0 Å². The summed E-state index contributed by atoms with van der Waals surface area (Å²) >= 11 is 0. The molecule has 0 aliphatic carbocycles. The summed E-state index contributed by atoms with van der Waals surface area (Å²) in [5.74, 6) is 1.51. The summed E-state index contributed by atoms with van der Waals surface area (Å²) in [6.07, 6.45) is 0.436. The van der Waals surface area contributed by atoms with E-state index in [9.17, 15) is 5.11 Å². The van der Waals surface area contributed by atoms with Gasteiger partial charge in [0.05, 0.1) is 19.3 Å². The standard InChI is InChI=1S/C11H14O3/c1-8(12)9-3-4-10-11(7-9)14-6-2-5-13-10/h3-4,7-8,12H,2,5-6H2,1H3/t8-/m1/s1. The van der Waals surface area contributed by atoms with E-state index in [0.717, 1.165) is 23.5 Å². The van der Waals surface area contributed by atoms with E-state index in [2.05, 4.69) is 0 Å². The highest BCUT2D eigenvalue weighted by Gasteiger charge is 2.11. The minimum absolute atomic E-state index is 0.466. The summed E-state index contributed by atoms with van der Waals surface area (Å²) in [4.78, 5) is 0. The zero-order chi connectivity index (χ0) is 9.97. The average molecular weight is 194 g/mol. The van der Waals surface area contributed by atoms with Crippen molar-refractivity contribution in [3.05, 3.63) is 23.8 Å². The van der Waals surface area contributed by atoms with E-state index >= 15 is 0 Å². The lowest BCUT2D eigenvalue weighted by atomic mass is 10.1. The summed E-state index contributed by atoms with van der Waals surface area (Å²) in [7, 11) is 0. The highest BCUT2D eigenvalue weighted by atomic mass is 16.5. The third kappa shape index (κ3) is 1.82. The van der Waals surface area contributed by atoms with Gasteiger partial charge in [-0.05, 0) is 24.6 Å². The fraction of sp³-hybridized carbons (Fsp3) is 0.455. The van der Waals surface area contributed by atoms with Gasteiger partial charge < -0.3 is 14.6 Å². The largest absolute Gasteiger partial charge is 0.490 e. The number of benzene rings is 1. The number of hydrogen-bond donors (Lipinski definition) is 1. The molecule has 0 fully saturated rings. The Bertz CT molecular complexity index is 320. The van der Waals surface area contributed by atoms with Crippen molar-refractivity contribution < 1.29 is 14.6 Å². The Morgan fingerprint density at radius 3 is 2.64 bits per heavy atom. The molecule has 3 nitrogen and oxygen atoms in total. The molecule has 0 unspecified atom stereocenters. The van der Waals surface area contributed by atoms with Crippen LogP contribution in [-0.4, -0.2) is 18.3 Å². The Kier molecular flexibility index (Phi) is 2.59. The lowest BCUT2D eigenvalue weighted by molar-refractivity contribution is 0.198. The molecule has 0 spiro atoms. The number of aliphatic hydroxyl groups is 1. The van der Waals surface area contributed by atoms with Crippen LogP contribution in [-0.2, 0) is 0 Å². The third-order valence-corrected chi connectivity index (χ3v) is 2.25. The Labute approximate surface area is 83.3 Å². The highest BCUT2D eigenvalue weighted by molar-refractivity contribution is 5.43. The van der Waals surface area contributed by atoms with Crippen molar-refractivity contribution in [3.8, 4) is 11.5 Å². The Morgan fingerprint density at radius 1 is 1.21 bits per heavy atom. The number of aliphatic hydroxyl groups excluding tert-OH is 1. The minimum atomic E-state index is -0.466. The van der Waals surface area contributed by atoms with E-state index < -0.39 is 6.10 Å². The molecule has 1 aliphatic rings. The first-order valence-electron chi connectivity index (χ1n) is 4.85. The second-order valence-electron chi connectivity index (χ2n) is 3.43. The molecule has 0 radical (unpaired) electrons. The predicted octanol–water partition coefficient (Wildman–Crippen LogP) is 1.90. The van der Waals surface area contributed by atoms with Gasteiger partial charge in [0.25, 0.3) is 0 Å². The molecule has 3 heteroatoms. The van der Waals surface area contributed by atoms with Gasteiger partial charge in [0.15, 0.2) is 11.5 Å². The first-order valence-corrected chi connectivity index (χ1v) is 4.85. The van der Waals surface area contributed by atoms with Crippen LogP contribution in [0.1, 0.15) is 25.0 Å². The molecule has 1 atom stereocenters. The van der Waals surface area contributed by atoms with E-state index in [1.807, 2.05) is 18.2 Å². The van der Waals surface area contributed by atoms with E-state index in [0.29, 0.717) is 13.2 Å². The summed E-state index contributed by atoms with van der Waals surface area (Å²) in [5.41, 5.74) is 0.856. The van der Waals surface area contributed by atoms with E-state index in [1.165, 1.54) is 0 Å². The second kappa shape index (κ2) is 3.88. The SMILES string of the molecule is C[C@@H](O)c1ccc2c(c1)OCCCO2. The lowest BCUT2D eigenvalue weighted by Crippen LogP contribution is -1.97. The minimum Gasteiger partial charge on any atom is -0.490 e. The van der Waals surface area contributed by atoms with Crippen molar-refractivity contribution in [3.63, 3.8) is 0 Å². The smallest absolute Gasteiger partial charge is 0.161 e. The van der Waals surface area contributed by atoms with Gasteiger partial charge in [0.2, 0.25) is 0 Å². The van der Waals surface area contributed by atoms with Gasteiger partial charge in [0.1, 0.15) is 0 Å². The maximum atomic E-state index is 9.40. The fourth-order valence-electron chi connectivity index (χ4n) is 1.44. The molecule has 0 aromatic heterocycles. The number of rotatable bonds is 1. The summed E-state index contributed by atoms with van der Waals surface area (Å²) in [6, 6.07) is 5.55. The van der Waals surface area contributed by atoms with Gasteiger partial charge in [0, 0.05) is 6.42 Å². The van der Waals surface area contributed by atoms with Crippen molar-refractivity contribution in [1.29, 1.82) is 0 Å². The quantitative estimate of drug-likeness (QED) is 0.742. The highest BCUT2D eigenvalue weighted by Crippen LogP contribution is 2.32. The molecule has 1 aromatic rings. The Hall–Kier alpha value is -1.22. The predicted molar refractivity (Wildman–Crippen MR) is 52.7 cm³/mol. The van der Waals surface area contributed by atoms with Gasteiger partial charge in [-0.2, -0.15) is 0 Å². The summed E-state index contributed by atoms with van der Waals surface area (Å²) in [5, 5.41) is 9.40. The second-order valence-corrected chi connectivity index (χ2v) is 3.43. The zero-order valence-electron chi connectivity index (χ0n) is 8.19. The topological polar surface area (TPSA) is 38.7 Å². The number of hydrogen-bond acceptors (Lipinski definition) is 3. The number of fused-ring (bicyclic) bond motifs is 1. The van der Waals surface area contributed by atoms with Crippen LogP contribution in [0.3, 0.4) is 0 Å². The molecule has 0 saturated heterocycles. The van der Waals surface area contributed by atoms with Crippen molar-refractivity contribution in [2.75, 3.05) is 13.2 Å². The Morgan fingerprint density at radius 2 is 1.93 bits per heavy atom. The fourth-order valence-corrected chi connectivity index (χ4v) is 1.44. The first kappa shape index (κ1) is 9.34.